The van der Waals surface area contributed by atoms with Gasteiger partial charge in [-0.3, -0.25) is 4.79 Å². The van der Waals surface area contributed by atoms with E-state index in [1.165, 1.54) is 12.1 Å². The molecule has 0 radical (unpaired) electrons. The molecule has 0 heterocycles. The molecular formula is C13H15ClFNO3S. The van der Waals surface area contributed by atoms with Crippen LogP contribution in [0.4, 0.5) is 10.1 Å². The van der Waals surface area contributed by atoms with E-state index in [-0.39, 0.29) is 28.3 Å². The van der Waals surface area contributed by atoms with Gasteiger partial charge in [-0.25, -0.2) is 12.8 Å². The molecule has 7 heteroatoms. The summed E-state index contributed by atoms with van der Waals surface area (Å²) < 4.78 is 36.0. The van der Waals surface area contributed by atoms with Gasteiger partial charge in [0, 0.05) is 16.6 Å². The zero-order chi connectivity index (χ0) is 14.9. The van der Waals surface area contributed by atoms with E-state index in [9.17, 15) is 17.6 Å². The van der Waals surface area contributed by atoms with Gasteiger partial charge in [0.25, 0.3) is 9.05 Å². The second kappa shape index (κ2) is 5.69. The van der Waals surface area contributed by atoms with E-state index in [1.54, 1.807) is 0 Å². The lowest BCUT2D eigenvalue weighted by molar-refractivity contribution is -0.120. The largest absolute Gasteiger partial charge is 0.323 e. The summed E-state index contributed by atoms with van der Waals surface area (Å²) in [6, 6.07) is 3.18. The van der Waals surface area contributed by atoms with Crippen LogP contribution in [0.15, 0.2) is 23.1 Å². The van der Waals surface area contributed by atoms with Crippen LogP contribution in [-0.4, -0.2) is 14.3 Å². The number of nitrogens with one attached hydrogen (secondary N) is 1. The van der Waals surface area contributed by atoms with Crippen molar-refractivity contribution in [2.45, 2.75) is 31.1 Å². The Balaban J connectivity index is 2.16. The summed E-state index contributed by atoms with van der Waals surface area (Å²) in [7, 11) is 1.15. The summed E-state index contributed by atoms with van der Waals surface area (Å²) in [5.41, 5.74) is -0.0295. The molecule has 2 unspecified atom stereocenters. The van der Waals surface area contributed by atoms with Crippen LogP contribution < -0.4 is 5.32 Å². The van der Waals surface area contributed by atoms with E-state index in [0.29, 0.717) is 0 Å². The summed E-state index contributed by atoms with van der Waals surface area (Å²) in [6.07, 6.45) is 2.78. The van der Waals surface area contributed by atoms with Crippen molar-refractivity contribution in [3.8, 4) is 0 Å². The number of hydrogen-bond donors (Lipinski definition) is 1. The van der Waals surface area contributed by atoms with Crippen molar-refractivity contribution in [1.82, 2.24) is 0 Å². The summed E-state index contributed by atoms with van der Waals surface area (Å²) in [4.78, 5) is 11.7. The molecule has 0 bridgehead atoms. The Labute approximate surface area is 121 Å². The van der Waals surface area contributed by atoms with Crippen molar-refractivity contribution in [3.05, 3.63) is 24.0 Å². The van der Waals surface area contributed by atoms with E-state index < -0.39 is 14.9 Å². The van der Waals surface area contributed by atoms with Gasteiger partial charge in [-0.1, -0.05) is 13.3 Å². The van der Waals surface area contributed by atoms with Gasteiger partial charge in [-0.05, 0) is 37.0 Å². The predicted octanol–water partition coefficient (Wildman–Crippen LogP) is 3.13. The van der Waals surface area contributed by atoms with Crippen LogP contribution in [0.5, 0.6) is 0 Å². The van der Waals surface area contributed by atoms with Crippen LogP contribution in [0, 0.1) is 17.7 Å². The number of rotatable bonds is 3. The van der Waals surface area contributed by atoms with Gasteiger partial charge in [0.05, 0.1) is 10.6 Å². The Morgan fingerprint density at radius 1 is 1.40 bits per heavy atom. The van der Waals surface area contributed by atoms with Gasteiger partial charge in [-0.2, -0.15) is 0 Å². The van der Waals surface area contributed by atoms with Gasteiger partial charge in [-0.15, -0.1) is 0 Å². The summed E-state index contributed by atoms with van der Waals surface area (Å²) in [6.45, 7) is 2.00. The zero-order valence-corrected chi connectivity index (χ0v) is 12.5. The fourth-order valence-electron chi connectivity index (χ4n) is 2.51. The molecule has 1 aromatic carbocycles. The van der Waals surface area contributed by atoms with Crippen molar-refractivity contribution in [2.24, 2.45) is 11.8 Å². The lowest BCUT2D eigenvalue weighted by Crippen LogP contribution is -2.25. The topological polar surface area (TPSA) is 63.2 Å². The number of carbonyl (C=O) groups is 1. The molecule has 0 aromatic heterocycles. The fourth-order valence-corrected chi connectivity index (χ4v) is 3.27. The molecular weight excluding hydrogens is 305 g/mol. The lowest BCUT2D eigenvalue weighted by atomic mass is 9.97. The van der Waals surface area contributed by atoms with Gasteiger partial charge >= 0.3 is 0 Å². The highest BCUT2D eigenvalue weighted by Crippen LogP contribution is 2.32. The van der Waals surface area contributed by atoms with Crippen LogP contribution in [-0.2, 0) is 13.8 Å². The third-order valence-electron chi connectivity index (χ3n) is 3.68. The Kier molecular flexibility index (Phi) is 4.34. The fraction of sp³-hybridized carbons (Fsp3) is 0.462. The maximum absolute atomic E-state index is 13.8. The summed E-state index contributed by atoms with van der Waals surface area (Å²) in [5.74, 6) is -0.882. The highest BCUT2D eigenvalue weighted by Gasteiger charge is 2.30. The molecule has 20 heavy (non-hydrogen) atoms. The van der Waals surface area contributed by atoms with Crippen molar-refractivity contribution in [1.29, 1.82) is 0 Å². The van der Waals surface area contributed by atoms with Crippen molar-refractivity contribution < 1.29 is 17.6 Å². The van der Waals surface area contributed by atoms with Crippen molar-refractivity contribution in [2.75, 3.05) is 5.32 Å². The van der Waals surface area contributed by atoms with E-state index in [0.717, 1.165) is 25.3 Å². The van der Waals surface area contributed by atoms with E-state index in [2.05, 4.69) is 5.32 Å². The highest BCUT2D eigenvalue weighted by atomic mass is 35.7. The van der Waals surface area contributed by atoms with E-state index >= 15 is 0 Å². The van der Waals surface area contributed by atoms with Crippen LogP contribution in [0.2, 0.25) is 0 Å². The Morgan fingerprint density at radius 2 is 2.10 bits per heavy atom. The molecule has 1 fully saturated rings. The standard InChI is InChI=1S/C13H15ClFNO3S/c1-8-3-2-4-10(8)13(17)16-12-6-5-9(7-11(12)15)20(14,18)19/h5-8,10H,2-4H2,1H3,(H,16,17). The normalized spacial score (nSPS) is 22.8. The Bertz CT molecular complexity index is 633. The van der Waals surface area contributed by atoms with Gasteiger partial charge in [0.1, 0.15) is 5.82 Å². The first-order valence-corrected chi connectivity index (χ1v) is 8.65. The van der Waals surface area contributed by atoms with Crippen molar-refractivity contribution >= 4 is 31.3 Å². The molecule has 2 atom stereocenters. The number of halogens is 2. The summed E-state index contributed by atoms with van der Waals surface area (Å²) in [5, 5.41) is 2.51. The van der Waals surface area contributed by atoms with Crippen LogP contribution in [0.3, 0.4) is 0 Å². The first-order valence-electron chi connectivity index (χ1n) is 6.34. The van der Waals surface area contributed by atoms with Gasteiger partial charge < -0.3 is 5.32 Å². The first-order chi connectivity index (χ1) is 9.29. The smallest absolute Gasteiger partial charge is 0.261 e. The quantitative estimate of drug-likeness (QED) is 0.871. The molecule has 1 N–H and O–H groups in total. The SMILES string of the molecule is CC1CCCC1C(=O)Nc1ccc(S(=O)(=O)Cl)cc1F. The maximum Gasteiger partial charge on any atom is 0.261 e. The third-order valence-corrected chi connectivity index (χ3v) is 5.03. The van der Waals surface area contributed by atoms with Crippen LogP contribution in [0.1, 0.15) is 26.2 Å². The minimum absolute atomic E-state index is 0.0295. The first kappa shape index (κ1) is 15.3. The molecule has 1 amide bonds. The Hall–Kier alpha value is -1.14. The Morgan fingerprint density at radius 3 is 2.60 bits per heavy atom. The summed E-state index contributed by atoms with van der Waals surface area (Å²) >= 11 is 0. The molecule has 1 aromatic rings. The predicted molar refractivity (Wildman–Crippen MR) is 74.6 cm³/mol. The van der Waals surface area contributed by atoms with Crippen LogP contribution in [0.25, 0.3) is 0 Å². The molecule has 0 saturated heterocycles. The lowest BCUT2D eigenvalue weighted by Gasteiger charge is -2.15. The van der Waals surface area contributed by atoms with Gasteiger partial charge in [0.2, 0.25) is 5.91 Å². The molecule has 1 aliphatic rings. The second-order valence-electron chi connectivity index (χ2n) is 5.08. The van der Waals surface area contributed by atoms with Crippen molar-refractivity contribution in [3.63, 3.8) is 0 Å². The maximum atomic E-state index is 13.8. The van der Waals surface area contributed by atoms with E-state index in [1.807, 2.05) is 6.92 Å². The van der Waals surface area contributed by atoms with E-state index in [4.69, 9.17) is 10.7 Å². The molecule has 2 rings (SSSR count). The molecule has 4 nitrogen and oxygen atoms in total. The average molecular weight is 320 g/mol. The third kappa shape index (κ3) is 3.30. The molecule has 0 aliphatic heterocycles. The second-order valence-corrected chi connectivity index (χ2v) is 7.65. The monoisotopic (exact) mass is 319 g/mol. The molecule has 1 aliphatic carbocycles. The minimum atomic E-state index is -3.98. The number of carbonyl (C=O) groups excluding carboxylic acids is 1. The van der Waals surface area contributed by atoms with Crippen LogP contribution >= 0.6 is 10.7 Å². The molecule has 1 saturated carbocycles. The highest BCUT2D eigenvalue weighted by molar-refractivity contribution is 8.13. The van der Waals surface area contributed by atoms with Gasteiger partial charge in [0.15, 0.2) is 0 Å². The molecule has 0 spiro atoms. The zero-order valence-electron chi connectivity index (χ0n) is 10.9. The number of amides is 1. The number of anilines is 1. The number of benzene rings is 1. The number of hydrogen-bond acceptors (Lipinski definition) is 3. The minimum Gasteiger partial charge on any atom is -0.323 e. The average Bonchev–Trinajstić information content (AvgIpc) is 2.76. The molecule has 110 valence electrons.